The summed E-state index contributed by atoms with van der Waals surface area (Å²) in [5.74, 6) is 0.0931. The molecule has 126 valence electrons. The third-order valence-corrected chi connectivity index (χ3v) is 5.54. The van der Waals surface area contributed by atoms with Crippen molar-refractivity contribution in [3.63, 3.8) is 0 Å². The lowest BCUT2D eigenvalue weighted by atomic mass is 9.89. The number of nitrogens with zero attached hydrogens (tertiary/aromatic N) is 1. The van der Waals surface area contributed by atoms with Gasteiger partial charge in [0.15, 0.2) is 0 Å². The summed E-state index contributed by atoms with van der Waals surface area (Å²) < 4.78 is 0. The predicted molar refractivity (Wildman–Crippen MR) is 89.7 cm³/mol. The molecule has 0 aromatic rings. The first-order valence-electron chi connectivity index (χ1n) is 8.92. The van der Waals surface area contributed by atoms with Crippen LogP contribution in [-0.4, -0.2) is 47.2 Å². The van der Waals surface area contributed by atoms with Gasteiger partial charge in [-0.05, 0) is 46.0 Å². The number of rotatable bonds is 4. The molecule has 22 heavy (non-hydrogen) atoms. The Balaban J connectivity index is 1.81. The number of hydrogen-bond acceptors (Lipinski definition) is 3. The Labute approximate surface area is 135 Å². The molecule has 4 heteroatoms. The number of nitrogens with one attached hydrogen (secondary N) is 1. The fraction of sp³-hybridized carbons (Fsp3) is 0.833. The number of aliphatic hydroxyl groups excluding tert-OH is 1. The minimum atomic E-state index is -0.155. The summed E-state index contributed by atoms with van der Waals surface area (Å²) in [6.07, 6.45) is 7.22. The van der Waals surface area contributed by atoms with Gasteiger partial charge in [-0.1, -0.05) is 25.3 Å². The van der Waals surface area contributed by atoms with Gasteiger partial charge in [-0.2, -0.15) is 0 Å². The number of carbonyl (C=O) groups excluding carboxylic acids is 1. The first-order chi connectivity index (χ1) is 10.5. The van der Waals surface area contributed by atoms with Crippen LogP contribution in [0.25, 0.3) is 0 Å². The first kappa shape index (κ1) is 17.5. The molecule has 0 aromatic carbocycles. The van der Waals surface area contributed by atoms with Crippen LogP contribution in [0, 0.1) is 0 Å². The average molecular weight is 308 g/mol. The SMILES string of the molecule is CCC(C)=C(C)C(=O)NC1CCN(C2CCCCC2O)CC1. The molecule has 0 aromatic heterocycles. The van der Waals surface area contributed by atoms with Crippen molar-refractivity contribution in [3.05, 3.63) is 11.1 Å². The van der Waals surface area contributed by atoms with Crippen molar-refractivity contribution in [1.82, 2.24) is 10.2 Å². The van der Waals surface area contributed by atoms with Crippen LogP contribution < -0.4 is 5.32 Å². The first-order valence-corrected chi connectivity index (χ1v) is 8.92. The summed E-state index contributed by atoms with van der Waals surface area (Å²) in [6.45, 7) is 8.01. The Bertz CT molecular complexity index is 411. The maximum Gasteiger partial charge on any atom is 0.247 e. The summed E-state index contributed by atoms with van der Waals surface area (Å²) in [6, 6.07) is 0.624. The second-order valence-corrected chi connectivity index (χ2v) is 6.96. The molecule has 2 rings (SSSR count). The number of hydrogen-bond donors (Lipinski definition) is 2. The van der Waals surface area contributed by atoms with Crippen LogP contribution in [0.1, 0.15) is 65.7 Å². The second kappa shape index (κ2) is 8.11. The van der Waals surface area contributed by atoms with Crippen molar-refractivity contribution in [2.45, 2.75) is 83.9 Å². The number of amides is 1. The molecule has 0 spiro atoms. The molecule has 2 unspecified atom stereocenters. The van der Waals surface area contributed by atoms with Crippen molar-refractivity contribution in [1.29, 1.82) is 0 Å². The van der Waals surface area contributed by atoms with Crippen LogP contribution in [-0.2, 0) is 4.79 Å². The van der Waals surface area contributed by atoms with E-state index in [0.29, 0.717) is 6.04 Å². The van der Waals surface area contributed by atoms with E-state index < -0.39 is 0 Å². The van der Waals surface area contributed by atoms with E-state index in [2.05, 4.69) is 17.1 Å². The minimum absolute atomic E-state index is 0.0931. The molecule has 2 N–H and O–H groups in total. The maximum absolute atomic E-state index is 12.2. The quantitative estimate of drug-likeness (QED) is 0.785. The number of piperidine rings is 1. The largest absolute Gasteiger partial charge is 0.391 e. The van der Waals surface area contributed by atoms with E-state index in [1.807, 2.05) is 13.8 Å². The van der Waals surface area contributed by atoms with E-state index in [9.17, 15) is 9.90 Å². The van der Waals surface area contributed by atoms with E-state index in [4.69, 9.17) is 0 Å². The summed E-state index contributed by atoms with van der Waals surface area (Å²) in [4.78, 5) is 14.7. The number of carbonyl (C=O) groups is 1. The van der Waals surface area contributed by atoms with Crippen molar-refractivity contribution < 1.29 is 9.90 Å². The van der Waals surface area contributed by atoms with Gasteiger partial charge in [0.2, 0.25) is 5.91 Å². The van der Waals surface area contributed by atoms with Gasteiger partial charge in [0, 0.05) is 30.7 Å². The topological polar surface area (TPSA) is 52.6 Å². The summed E-state index contributed by atoms with van der Waals surface area (Å²) in [7, 11) is 0. The molecule has 1 aliphatic carbocycles. The lowest BCUT2D eigenvalue weighted by Crippen LogP contribution is -2.52. The zero-order chi connectivity index (χ0) is 16.1. The van der Waals surface area contributed by atoms with Gasteiger partial charge < -0.3 is 10.4 Å². The van der Waals surface area contributed by atoms with Crippen LogP contribution in [0.5, 0.6) is 0 Å². The number of allylic oxidation sites excluding steroid dienone is 1. The van der Waals surface area contributed by atoms with Crippen molar-refractivity contribution in [2.24, 2.45) is 0 Å². The molecule has 2 aliphatic rings. The fourth-order valence-corrected chi connectivity index (χ4v) is 3.65. The Morgan fingerprint density at radius 1 is 1.14 bits per heavy atom. The summed E-state index contributed by atoms with van der Waals surface area (Å²) in [5, 5.41) is 13.4. The van der Waals surface area contributed by atoms with Gasteiger partial charge in [-0.15, -0.1) is 0 Å². The third kappa shape index (κ3) is 4.32. The zero-order valence-electron chi connectivity index (χ0n) is 14.4. The average Bonchev–Trinajstić information content (AvgIpc) is 2.54. The molecule has 1 amide bonds. The summed E-state index contributed by atoms with van der Waals surface area (Å²) >= 11 is 0. The van der Waals surface area contributed by atoms with Crippen LogP contribution in [0.2, 0.25) is 0 Å². The minimum Gasteiger partial charge on any atom is -0.391 e. The monoisotopic (exact) mass is 308 g/mol. The van der Waals surface area contributed by atoms with Crippen molar-refractivity contribution >= 4 is 5.91 Å². The Morgan fingerprint density at radius 2 is 1.77 bits per heavy atom. The van der Waals surface area contributed by atoms with E-state index >= 15 is 0 Å². The number of aliphatic hydroxyl groups is 1. The van der Waals surface area contributed by atoms with Gasteiger partial charge in [-0.3, -0.25) is 9.69 Å². The van der Waals surface area contributed by atoms with E-state index in [1.54, 1.807) is 0 Å². The summed E-state index contributed by atoms with van der Waals surface area (Å²) in [5.41, 5.74) is 2.04. The van der Waals surface area contributed by atoms with Gasteiger partial charge in [0.1, 0.15) is 0 Å². The van der Waals surface area contributed by atoms with Gasteiger partial charge in [0.05, 0.1) is 6.10 Å². The van der Waals surface area contributed by atoms with Gasteiger partial charge in [0.25, 0.3) is 0 Å². The second-order valence-electron chi connectivity index (χ2n) is 6.96. The molecule has 2 fully saturated rings. The Kier molecular flexibility index (Phi) is 6.45. The lowest BCUT2D eigenvalue weighted by molar-refractivity contribution is -0.118. The van der Waals surface area contributed by atoms with Crippen LogP contribution in [0.15, 0.2) is 11.1 Å². The maximum atomic E-state index is 12.2. The Hall–Kier alpha value is -0.870. The molecule has 0 radical (unpaired) electrons. The highest BCUT2D eigenvalue weighted by Crippen LogP contribution is 2.26. The molecule has 1 aliphatic heterocycles. The molecular formula is C18H32N2O2. The highest BCUT2D eigenvalue weighted by Gasteiger charge is 2.31. The lowest BCUT2D eigenvalue weighted by Gasteiger charge is -2.41. The molecule has 1 saturated carbocycles. The molecule has 1 saturated heterocycles. The highest BCUT2D eigenvalue weighted by molar-refractivity contribution is 5.93. The van der Waals surface area contributed by atoms with Gasteiger partial charge >= 0.3 is 0 Å². The van der Waals surface area contributed by atoms with Crippen LogP contribution in [0.4, 0.5) is 0 Å². The van der Waals surface area contributed by atoms with Crippen LogP contribution in [0.3, 0.4) is 0 Å². The molecule has 2 atom stereocenters. The molecule has 0 bridgehead atoms. The smallest absolute Gasteiger partial charge is 0.247 e. The van der Waals surface area contributed by atoms with Crippen molar-refractivity contribution in [2.75, 3.05) is 13.1 Å². The van der Waals surface area contributed by atoms with Gasteiger partial charge in [-0.25, -0.2) is 0 Å². The third-order valence-electron chi connectivity index (χ3n) is 5.54. The Morgan fingerprint density at radius 3 is 2.36 bits per heavy atom. The standard InChI is InChI=1S/C18H32N2O2/c1-4-13(2)14(3)18(22)19-15-9-11-20(12-10-15)16-7-5-6-8-17(16)21/h15-17,21H,4-12H2,1-3H3,(H,19,22). The predicted octanol–water partition coefficient (Wildman–Crippen LogP) is 2.62. The number of likely N-dealkylation sites (tertiary alicyclic amines) is 1. The van der Waals surface area contributed by atoms with Crippen LogP contribution >= 0.6 is 0 Å². The highest BCUT2D eigenvalue weighted by atomic mass is 16.3. The fourth-order valence-electron chi connectivity index (χ4n) is 3.65. The normalized spacial score (nSPS) is 29.1. The molecule has 4 nitrogen and oxygen atoms in total. The van der Waals surface area contributed by atoms with E-state index in [-0.39, 0.29) is 18.1 Å². The van der Waals surface area contributed by atoms with E-state index in [1.165, 1.54) is 12.0 Å². The zero-order valence-corrected chi connectivity index (χ0v) is 14.4. The van der Waals surface area contributed by atoms with E-state index in [0.717, 1.165) is 57.2 Å². The van der Waals surface area contributed by atoms with Crippen molar-refractivity contribution in [3.8, 4) is 0 Å². The molecule has 1 heterocycles. The molecular weight excluding hydrogens is 276 g/mol.